The Hall–Kier alpha value is -1.59. The van der Waals surface area contributed by atoms with E-state index in [1.807, 2.05) is 12.1 Å². The van der Waals surface area contributed by atoms with Crippen LogP contribution >= 0.6 is 0 Å². The van der Waals surface area contributed by atoms with Crippen LogP contribution in [0.5, 0.6) is 5.75 Å². The lowest BCUT2D eigenvalue weighted by atomic mass is 9.52. The van der Waals surface area contributed by atoms with Gasteiger partial charge in [-0.2, -0.15) is 0 Å². The highest BCUT2D eigenvalue weighted by molar-refractivity contribution is 5.75. The molecule has 5 nitrogen and oxygen atoms in total. The van der Waals surface area contributed by atoms with Crippen molar-refractivity contribution in [3.63, 3.8) is 0 Å². The molecule has 28 heavy (non-hydrogen) atoms. The number of hydrogen-bond donors (Lipinski definition) is 3. The second-order valence-corrected chi connectivity index (χ2v) is 9.90. The highest BCUT2D eigenvalue weighted by Crippen LogP contribution is 2.58. The minimum Gasteiger partial charge on any atom is -0.508 e. The summed E-state index contributed by atoms with van der Waals surface area (Å²) >= 11 is 0. The number of rotatable bonds is 5. The number of primary amides is 1. The zero-order valence-electron chi connectivity index (χ0n) is 16.9. The van der Waals surface area contributed by atoms with Crippen molar-refractivity contribution in [3.05, 3.63) is 29.3 Å². The Morgan fingerprint density at radius 1 is 1.39 bits per heavy atom. The summed E-state index contributed by atoms with van der Waals surface area (Å²) in [5.41, 5.74) is 8.38. The molecule has 6 rings (SSSR count). The number of nitrogens with one attached hydrogen (secondary N) is 1. The van der Waals surface area contributed by atoms with Crippen LogP contribution in [0.3, 0.4) is 0 Å². The molecule has 1 aromatic carbocycles. The molecule has 1 aliphatic heterocycles. The van der Waals surface area contributed by atoms with Gasteiger partial charge in [-0.25, -0.2) is 0 Å². The first-order valence-electron chi connectivity index (χ1n) is 11.0. The normalized spacial score (nSPS) is 37.2. The van der Waals surface area contributed by atoms with E-state index in [0.717, 1.165) is 38.4 Å². The average molecular weight is 384 g/mol. The number of hydrogen-bond acceptors (Lipinski definition) is 4. The maximum absolute atomic E-state index is 11.5. The standard InChI is InChI=1S/C23H33N3O2/c1-14-22(25-11-15-2-3-15)17-8-16-4-5-19(27)10-20(16)23(14)6-7-26(13-21(24)28)12-18(23)9-17/h4-5,10,14-15,17-18,22,25,27H,2-3,6-9,11-13H2,1H3,(H2,24,28)/t14-,17?,18+,22?,23?/m0/s1. The van der Waals surface area contributed by atoms with Gasteiger partial charge < -0.3 is 16.2 Å². The first-order chi connectivity index (χ1) is 13.5. The smallest absolute Gasteiger partial charge is 0.231 e. The third-order valence-corrected chi connectivity index (χ3v) is 8.29. The van der Waals surface area contributed by atoms with Crippen molar-refractivity contribution in [2.24, 2.45) is 29.4 Å². The van der Waals surface area contributed by atoms with E-state index in [-0.39, 0.29) is 11.3 Å². The Bertz CT molecular complexity index is 777. The third-order valence-electron chi connectivity index (χ3n) is 8.29. The van der Waals surface area contributed by atoms with Crippen LogP contribution in [0.25, 0.3) is 0 Å². The first-order valence-corrected chi connectivity index (χ1v) is 11.0. The maximum Gasteiger partial charge on any atom is 0.231 e. The van der Waals surface area contributed by atoms with Crippen molar-refractivity contribution >= 4 is 5.91 Å². The Kier molecular flexibility index (Phi) is 4.44. The summed E-state index contributed by atoms with van der Waals surface area (Å²) in [5, 5.41) is 14.3. The van der Waals surface area contributed by atoms with Crippen LogP contribution in [0, 0.1) is 23.7 Å². The van der Waals surface area contributed by atoms with Crippen LogP contribution in [0.2, 0.25) is 0 Å². The highest BCUT2D eigenvalue weighted by Gasteiger charge is 2.58. The van der Waals surface area contributed by atoms with Crippen molar-refractivity contribution in [3.8, 4) is 5.75 Å². The SMILES string of the molecule is C[C@H]1C(NCC2CC2)C2Cc3ccc(O)cc3C13CCN(CC(N)=O)C[C@H]3C2. The van der Waals surface area contributed by atoms with Gasteiger partial charge >= 0.3 is 0 Å². The molecule has 1 amide bonds. The van der Waals surface area contributed by atoms with E-state index in [1.165, 1.54) is 30.4 Å². The molecule has 0 radical (unpaired) electrons. The van der Waals surface area contributed by atoms with Gasteiger partial charge in [-0.1, -0.05) is 13.0 Å². The number of likely N-dealkylation sites (tertiary alicyclic amines) is 1. The zero-order chi connectivity index (χ0) is 19.5. The molecule has 4 aliphatic carbocycles. The van der Waals surface area contributed by atoms with E-state index >= 15 is 0 Å². The zero-order valence-corrected chi connectivity index (χ0v) is 16.9. The number of carbonyl (C=O) groups excluding carboxylic acids is 1. The number of carbonyl (C=O) groups is 1. The maximum atomic E-state index is 11.5. The molecular weight excluding hydrogens is 350 g/mol. The molecule has 2 bridgehead atoms. The second kappa shape index (κ2) is 6.74. The summed E-state index contributed by atoms with van der Waals surface area (Å²) < 4.78 is 0. The van der Waals surface area contributed by atoms with E-state index in [0.29, 0.717) is 36.1 Å². The van der Waals surface area contributed by atoms with Crippen LogP contribution < -0.4 is 11.1 Å². The Balaban J connectivity index is 1.52. The number of phenolic OH excluding ortho intramolecular Hbond substituents is 1. The highest BCUT2D eigenvalue weighted by atomic mass is 16.3. The fourth-order valence-electron chi connectivity index (χ4n) is 6.84. The van der Waals surface area contributed by atoms with Crippen LogP contribution in [-0.4, -0.2) is 48.1 Å². The number of benzene rings is 1. The molecule has 4 N–H and O–H groups in total. The van der Waals surface area contributed by atoms with E-state index < -0.39 is 0 Å². The van der Waals surface area contributed by atoms with E-state index in [1.54, 1.807) is 0 Å². The van der Waals surface area contributed by atoms with Crippen LogP contribution in [0.15, 0.2) is 18.2 Å². The lowest BCUT2D eigenvalue weighted by molar-refractivity contribution is -0.120. The molecule has 3 unspecified atom stereocenters. The molecule has 1 saturated heterocycles. The number of nitrogens with two attached hydrogens (primary N) is 1. The number of nitrogens with zero attached hydrogens (tertiary/aromatic N) is 1. The molecule has 2 saturated carbocycles. The van der Waals surface area contributed by atoms with Gasteiger partial charge in [0.25, 0.3) is 0 Å². The number of fused-ring (bicyclic) bond motifs is 1. The minimum absolute atomic E-state index is 0.0798. The van der Waals surface area contributed by atoms with Gasteiger partial charge in [0.2, 0.25) is 5.91 Å². The van der Waals surface area contributed by atoms with Crippen molar-refractivity contribution in [1.29, 1.82) is 0 Å². The first kappa shape index (κ1) is 18.4. The van der Waals surface area contributed by atoms with Gasteiger partial charge in [0.05, 0.1) is 6.54 Å². The Morgan fingerprint density at radius 3 is 2.96 bits per heavy atom. The largest absolute Gasteiger partial charge is 0.508 e. The predicted octanol–water partition coefficient (Wildman–Crippen LogP) is 2.02. The van der Waals surface area contributed by atoms with Gasteiger partial charge in [-0.15, -0.1) is 0 Å². The number of amides is 1. The predicted molar refractivity (Wildman–Crippen MR) is 109 cm³/mol. The fourth-order valence-corrected chi connectivity index (χ4v) is 6.84. The third kappa shape index (κ3) is 2.94. The van der Waals surface area contributed by atoms with Crippen molar-refractivity contribution in [1.82, 2.24) is 10.2 Å². The molecule has 152 valence electrons. The van der Waals surface area contributed by atoms with Crippen molar-refractivity contribution in [2.45, 2.75) is 50.5 Å². The van der Waals surface area contributed by atoms with E-state index in [9.17, 15) is 9.90 Å². The summed E-state index contributed by atoms with van der Waals surface area (Å²) in [6, 6.07) is 6.60. The molecule has 1 spiro atoms. The Labute approximate surface area is 167 Å². The van der Waals surface area contributed by atoms with Gasteiger partial charge in [0.1, 0.15) is 5.75 Å². The van der Waals surface area contributed by atoms with Crippen LogP contribution in [-0.2, 0) is 16.6 Å². The molecular formula is C23H33N3O2. The van der Waals surface area contributed by atoms with Gasteiger partial charge in [0.15, 0.2) is 0 Å². The van der Waals surface area contributed by atoms with Crippen molar-refractivity contribution in [2.75, 3.05) is 26.2 Å². The van der Waals surface area contributed by atoms with E-state index in [2.05, 4.69) is 23.2 Å². The summed E-state index contributed by atoms with van der Waals surface area (Å²) in [7, 11) is 0. The van der Waals surface area contributed by atoms with Gasteiger partial charge in [0, 0.05) is 18.0 Å². The van der Waals surface area contributed by atoms with Crippen LogP contribution in [0.4, 0.5) is 0 Å². The Morgan fingerprint density at radius 2 is 2.21 bits per heavy atom. The lowest BCUT2D eigenvalue weighted by Crippen LogP contribution is -2.62. The molecule has 5 heteroatoms. The minimum atomic E-state index is -0.232. The summed E-state index contributed by atoms with van der Waals surface area (Å²) in [4.78, 5) is 13.8. The van der Waals surface area contributed by atoms with Gasteiger partial charge in [-0.05, 0) is 92.1 Å². The lowest BCUT2D eigenvalue weighted by Gasteiger charge is -2.57. The molecule has 0 aromatic heterocycles. The molecule has 3 fully saturated rings. The molecule has 1 heterocycles. The average Bonchev–Trinajstić information content (AvgIpc) is 3.48. The van der Waals surface area contributed by atoms with Crippen molar-refractivity contribution < 1.29 is 9.90 Å². The molecule has 5 atom stereocenters. The number of piperidine rings is 1. The van der Waals surface area contributed by atoms with Crippen LogP contribution in [0.1, 0.15) is 43.7 Å². The molecule has 5 aliphatic rings. The van der Waals surface area contributed by atoms with Gasteiger partial charge in [-0.3, -0.25) is 9.69 Å². The summed E-state index contributed by atoms with van der Waals surface area (Å²) in [5.74, 6) is 2.69. The summed E-state index contributed by atoms with van der Waals surface area (Å²) in [6.07, 6.45) is 6.08. The topological polar surface area (TPSA) is 78.6 Å². The monoisotopic (exact) mass is 383 g/mol. The molecule has 1 aromatic rings. The number of aromatic hydroxyl groups is 1. The fraction of sp³-hybridized carbons (Fsp3) is 0.696. The second-order valence-electron chi connectivity index (χ2n) is 9.90. The van der Waals surface area contributed by atoms with E-state index in [4.69, 9.17) is 5.73 Å². The quantitative estimate of drug-likeness (QED) is 0.727. The summed E-state index contributed by atoms with van der Waals surface area (Å²) in [6.45, 7) is 5.79. The number of phenols is 1.